The van der Waals surface area contributed by atoms with E-state index in [0.29, 0.717) is 10.8 Å². The number of aromatic nitrogens is 2. The van der Waals surface area contributed by atoms with Crippen LogP contribution in [0.15, 0.2) is 41.3 Å². The average Bonchev–Trinajstić information content (AvgIpc) is 2.41. The summed E-state index contributed by atoms with van der Waals surface area (Å²) in [6, 6.07) is 8.87. The molecule has 0 bridgehead atoms. The molecule has 0 unspecified atom stereocenters. The fourth-order valence-corrected chi connectivity index (χ4v) is 1.36. The van der Waals surface area contributed by atoms with E-state index < -0.39 is 23.4 Å². The van der Waals surface area contributed by atoms with Crippen molar-refractivity contribution in [1.29, 1.82) is 0 Å². The smallest absolute Gasteiger partial charge is 0.422 e. The van der Waals surface area contributed by atoms with Crippen LogP contribution in [0, 0.1) is 5.82 Å². The number of carbonyl (C=O) groups excluding carboxylic acids is 1. The predicted molar refractivity (Wildman–Crippen MR) is 64.9 cm³/mol. The van der Waals surface area contributed by atoms with Crippen LogP contribution in [0.1, 0.15) is 5.56 Å². The molecule has 0 fully saturated rings. The summed E-state index contributed by atoms with van der Waals surface area (Å²) in [4.78, 5) is 26.1. The molecule has 0 saturated carbocycles. The summed E-state index contributed by atoms with van der Waals surface area (Å²) >= 11 is 0. The summed E-state index contributed by atoms with van der Waals surface area (Å²) in [5.74, 6) is -1.52. The molecule has 0 aliphatic carbocycles. The van der Waals surface area contributed by atoms with Crippen molar-refractivity contribution in [2.45, 2.75) is 6.61 Å². The van der Waals surface area contributed by atoms with Crippen LogP contribution < -0.4 is 11.4 Å². The number of anilines is 1. The second-order valence-electron chi connectivity index (χ2n) is 3.67. The van der Waals surface area contributed by atoms with E-state index in [1.165, 1.54) is 0 Å². The number of benzene rings is 1. The standard InChI is InChI=1S/C12H10FN3O3/c13-9-6-16(11(17)15-10(9)14)12(18)19-7-8-4-2-1-3-5-8/h1-6H,7H2,(H2,14,15,17). The number of carbonyl (C=O) groups is 1. The van der Waals surface area contributed by atoms with Crippen molar-refractivity contribution in [2.75, 3.05) is 5.73 Å². The fourth-order valence-electron chi connectivity index (χ4n) is 1.36. The van der Waals surface area contributed by atoms with Gasteiger partial charge in [0.1, 0.15) is 6.61 Å². The van der Waals surface area contributed by atoms with Crippen molar-refractivity contribution < 1.29 is 13.9 Å². The van der Waals surface area contributed by atoms with Crippen LogP contribution in [0.25, 0.3) is 0 Å². The summed E-state index contributed by atoms with van der Waals surface area (Å²) < 4.78 is 18.4. The fraction of sp³-hybridized carbons (Fsp3) is 0.0833. The lowest BCUT2D eigenvalue weighted by Crippen LogP contribution is -2.30. The van der Waals surface area contributed by atoms with Crippen LogP contribution >= 0.6 is 0 Å². The third kappa shape index (κ3) is 2.95. The largest absolute Gasteiger partial charge is 0.444 e. The first kappa shape index (κ1) is 12.7. The van der Waals surface area contributed by atoms with E-state index in [0.717, 1.165) is 5.56 Å². The maximum absolute atomic E-state index is 13.1. The monoisotopic (exact) mass is 263 g/mol. The molecule has 6 nitrogen and oxygen atoms in total. The van der Waals surface area contributed by atoms with E-state index >= 15 is 0 Å². The van der Waals surface area contributed by atoms with E-state index in [1.807, 2.05) is 6.07 Å². The summed E-state index contributed by atoms with van der Waals surface area (Å²) in [5.41, 5.74) is 4.86. The molecule has 2 N–H and O–H groups in total. The normalized spacial score (nSPS) is 10.2. The van der Waals surface area contributed by atoms with Crippen LogP contribution in [-0.4, -0.2) is 15.6 Å². The van der Waals surface area contributed by atoms with Gasteiger partial charge in [0.25, 0.3) is 0 Å². The highest BCUT2D eigenvalue weighted by Crippen LogP contribution is 2.04. The number of nitrogen functional groups attached to an aromatic ring is 1. The Labute approximate surface area is 107 Å². The van der Waals surface area contributed by atoms with Gasteiger partial charge in [0.15, 0.2) is 11.6 Å². The highest BCUT2D eigenvalue weighted by atomic mass is 19.1. The van der Waals surface area contributed by atoms with Gasteiger partial charge in [-0.25, -0.2) is 14.0 Å². The molecule has 0 amide bonds. The molecule has 1 heterocycles. The van der Waals surface area contributed by atoms with E-state index in [2.05, 4.69) is 4.98 Å². The highest BCUT2D eigenvalue weighted by Gasteiger charge is 2.13. The Morgan fingerprint density at radius 3 is 2.74 bits per heavy atom. The molecular formula is C12H10FN3O3. The van der Waals surface area contributed by atoms with Gasteiger partial charge in [0, 0.05) is 0 Å². The molecule has 2 rings (SSSR count). The molecule has 1 aromatic heterocycles. The summed E-state index contributed by atoms with van der Waals surface area (Å²) in [5, 5.41) is 0. The lowest BCUT2D eigenvalue weighted by Gasteiger charge is -2.06. The van der Waals surface area contributed by atoms with Gasteiger partial charge >= 0.3 is 11.8 Å². The zero-order valence-corrected chi connectivity index (χ0v) is 9.75. The van der Waals surface area contributed by atoms with Gasteiger partial charge in [-0.2, -0.15) is 9.55 Å². The van der Waals surface area contributed by atoms with E-state index in [9.17, 15) is 14.0 Å². The van der Waals surface area contributed by atoms with Gasteiger partial charge in [-0.3, -0.25) is 0 Å². The van der Waals surface area contributed by atoms with Crippen LogP contribution in [-0.2, 0) is 11.3 Å². The average molecular weight is 263 g/mol. The first-order valence-corrected chi connectivity index (χ1v) is 5.33. The number of hydrogen-bond acceptors (Lipinski definition) is 5. The maximum atomic E-state index is 13.1. The van der Waals surface area contributed by atoms with E-state index in [-0.39, 0.29) is 6.61 Å². The number of ether oxygens (including phenoxy) is 1. The van der Waals surface area contributed by atoms with Gasteiger partial charge in [-0.1, -0.05) is 30.3 Å². The molecule has 19 heavy (non-hydrogen) atoms. The Morgan fingerprint density at radius 2 is 2.05 bits per heavy atom. The third-order valence-corrected chi connectivity index (χ3v) is 2.31. The number of nitrogens with two attached hydrogens (primary N) is 1. The van der Waals surface area contributed by atoms with Crippen molar-refractivity contribution in [2.24, 2.45) is 0 Å². The minimum Gasteiger partial charge on any atom is -0.444 e. The van der Waals surface area contributed by atoms with Crippen LogP contribution in [0.2, 0.25) is 0 Å². The second-order valence-corrected chi connectivity index (χ2v) is 3.67. The van der Waals surface area contributed by atoms with Crippen molar-refractivity contribution in [3.05, 3.63) is 58.4 Å². The highest BCUT2D eigenvalue weighted by molar-refractivity contribution is 5.70. The zero-order chi connectivity index (χ0) is 13.8. The topological polar surface area (TPSA) is 87.2 Å². The van der Waals surface area contributed by atoms with E-state index in [1.54, 1.807) is 24.3 Å². The molecular weight excluding hydrogens is 253 g/mol. The molecule has 0 radical (unpaired) electrons. The molecule has 98 valence electrons. The van der Waals surface area contributed by atoms with Crippen molar-refractivity contribution in [3.8, 4) is 0 Å². The molecule has 1 aromatic carbocycles. The summed E-state index contributed by atoms with van der Waals surface area (Å²) in [6.07, 6.45) is -0.363. The minimum atomic E-state index is -1.01. The number of nitrogens with zero attached hydrogens (tertiary/aromatic N) is 2. The maximum Gasteiger partial charge on any atom is 0.422 e. The van der Waals surface area contributed by atoms with Gasteiger partial charge in [-0.15, -0.1) is 0 Å². The molecule has 0 aliphatic rings. The van der Waals surface area contributed by atoms with Crippen LogP contribution in [0.5, 0.6) is 0 Å². The van der Waals surface area contributed by atoms with Gasteiger partial charge < -0.3 is 10.5 Å². The van der Waals surface area contributed by atoms with Crippen molar-refractivity contribution in [3.63, 3.8) is 0 Å². The van der Waals surface area contributed by atoms with Crippen molar-refractivity contribution >= 4 is 11.9 Å². The zero-order valence-electron chi connectivity index (χ0n) is 9.75. The number of hydrogen-bond donors (Lipinski definition) is 1. The van der Waals surface area contributed by atoms with E-state index in [4.69, 9.17) is 10.5 Å². The lowest BCUT2D eigenvalue weighted by atomic mass is 10.2. The molecule has 0 saturated heterocycles. The Bertz CT molecular complexity index is 655. The Morgan fingerprint density at radius 1 is 1.37 bits per heavy atom. The minimum absolute atomic E-state index is 0.0297. The Kier molecular flexibility index (Phi) is 3.56. The Hall–Kier alpha value is -2.70. The van der Waals surface area contributed by atoms with Crippen LogP contribution in [0.3, 0.4) is 0 Å². The van der Waals surface area contributed by atoms with Gasteiger partial charge in [0.2, 0.25) is 0 Å². The third-order valence-electron chi connectivity index (χ3n) is 2.31. The lowest BCUT2D eigenvalue weighted by molar-refractivity contribution is 0.139. The molecule has 7 heteroatoms. The first-order chi connectivity index (χ1) is 9.08. The molecule has 2 aromatic rings. The van der Waals surface area contributed by atoms with Gasteiger partial charge in [0.05, 0.1) is 6.20 Å². The van der Waals surface area contributed by atoms with Crippen molar-refractivity contribution in [1.82, 2.24) is 9.55 Å². The summed E-state index contributed by atoms with van der Waals surface area (Å²) in [6.45, 7) is -0.0297. The SMILES string of the molecule is Nc1nc(=O)n(C(=O)OCc2ccccc2)cc1F. The second kappa shape index (κ2) is 5.30. The molecule has 0 spiro atoms. The molecule has 0 atom stereocenters. The predicted octanol–water partition coefficient (Wildman–Crippen LogP) is 1.15. The quantitative estimate of drug-likeness (QED) is 0.878. The summed E-state index contributed by atoms with van der Waals surface area (Å²) in [7, 11) is 0. The number of halogens is 1. The molecule has 0 aliphatic heterocycles. The van der Waals surface area contributed by atoms with Gasteiger partial charge in [-0.05, 0) is 5.56 Å². The van der Waals surface area contributed by atoms with Crippen LogP contribution in [0.4, 0.5) is 15.0 Å². The Balaban J connectivity index is 2.13. The first-order valence-electron chi connectivity index (χ1n) is 5.33. The number of rotatable bonds is 2.